The third-order valence-electron chi connectivity index (χ3n) is 3.02. The molecule has 0 spiro atoms. The quantitative estimate of drug-likeness (QED) is 0.911. The molecule has 2 aromatic rings. The number of aromatic nitrogens is 2. The Morgan fingerprint density at radius 1 is 1.29 bits per heavy atom. The van der Waals surface area contributed by atoms with Gasteiger partial charge in [-0.1, -0.05) is 6.92 Å². The Morgan fingerprint density at radius 2 is 2.14 bits per heavy atom. The van der Waals surface area contributed by atoms with E-state index in [1.54, 1.807) is 12.3 Å². The van der Waals surface area contributed by atoms with Crippen molar-refractivity contribution in [2.24, 2.45) is 0 Å². The molecule has 0 unspecified atom stereocenters. The summed E-state index contributed by atoms with van der Waals surface area (Å²) in [5.41, 5.74) is 0.870. The molecule has 0 fully saturated rings. The first-order valence-electron chi connectivity index (χ1n) is 6.91. The van der Waals surface area contributed by atoms with E-state index in [4.69, 9.17) is 14.2 Å². The molecular weight excluding hydrogens is 270 g/mol. The Labute approximate surface area is 123 Å². The number of aryl methyl sites for hydroxylation is 1. The van der Waals surface area contributed by atoms with Gasteiger partial charge >= 0.3 is 0 Å². The Kier molecular flexibility index (Phi) is 3.77. The van der Waals surface area contributed by atoms with E-state index in [0.717, 1.165) is 24.3 Å². The van der Waals surface area contributed by atoms with Crippen LogP contribution in [0.1, 0.15) is 18.9 Å². The molecule has 3 rings (SSSR count). The molecule has 0 amide bonds. The van der Waals surface area contributed by atoms with Crippen LogP contribution in [0, 0.1) is 6.92 Å². The van der Waals surface area contributed by atoms with E-state index < -0.39 is 0 Å². The van der Waals surface area contributed by atoms with Crippen molar-refractivity contribution in [3.05, 3.63) is 30.0 Å². The van der Waals surface area contributed by atoms with Gasteiger partial charge in [-0.15, -0.1) is 0 Å². The van der Waals surface area contributed by atoms with Crippen LogP contribution in [0.15, 0.2) is 24.4 Å². The van der Waals surface area contributed by atoms with Crippen molar-refractivity contribution >= 4 is 5.95 Å². The topological polar surface area (TPSA) is 65.5 Å². The zero-order valence-corrected chi connectivity index (χ0v) is 12.0. The molecule has 1 aromatic heterocycles. The third kappa shape index (κ3) is 2.99. The van der Waals surface area contributed by atoms with Crippen LogP contribution in [-0.2, 0) is 0 Å². The van der Waals surface area contributed by atoms with Gasteiger partial charge in [0.2, 0.25) is 18.6 Å². The van der Waals surface area contributed by atoms with Crippen LogP contribution in [0.5, 0.6) is 23.1 Å². The first kappa shape index (κ1) is 13.5. The molecule has 0 saturated heterocycles. The summed E-state index contributed by atoms with van der Waals surface area (Å²) in [7, 11) is 0. The highest BCUT2D eigenvalue weighted by Crippen LogP contribution is 2.36. The zero-order valence-electron chi connectivity index (χ0n) is 12.0. The average Bonchev–Trinajstić information content (AvgIpc) is 2.95. The molecule has 21 heavy (non-hydrogen) atoms. The molecule has 0 bridgehead atoms. The predicted molar refractivity (Wildman–Crippen MR) is 78.2 cm³/mol. The van der Waals surface area contributed by atoms with Crippen molar-refractivity contribution in [2.75, 3.05) is 18.7 Å². The number of fused-ring (bicyclic) bond motifs is 1. The molecule has 0 atom stereocenters. The summed E-state index contributed by atoms with van der Waals surface area (Å²) in [5.74, 6) is 3.17. The van der Waals surface area contributed by atoms with E-state index >= 15 is 0 Å². The fourth-order valence-electron chi connectivity index (χ4n) is 1.90. The van der Waals surface area contributed by atoms with Gasteiger partial charge in [0.15, 0.2) is 11.5 Å². The minimum atomic E-state index is 0.246. The van der Waals surface area contributed by atoms with Crippen molar-refractivity contribution in [1.29, 1.82) is 0 Å². The van der Waals surface area contributed by atoms with Crippen LogP contribution in [0.2, 0.25) is 0 Å². The molecule has 0 aliphatic carbocycles. The molecular formula is C15H17N3O3. The zero-order chi connectivity index (χ0) is 14.7. The van der Waals surface area contributed by atoms with E-state index in [0.29, 0.717) is 23.3 Å². The molecule has 1 N–H and O–H groups in total. The highest BCUT2D eigenvalue weighted by atomic mass is 16.7. The lowest BCUT2D eigenvalue weighted by Gasteiger charge is -2.10. The van der Waals surface area contributed by atoms with Gasteiger partial charge in [-0.25, -0.2) is 4.98 Å². The van der Waals surface area contributed by atoms with Crippen LogP contribution in [0.25, 0.3) is 0 Å². The van der Waals surface area contributed by atoms with Crippen LogP contribution < -0.4 is 19.5 Å². The summed E-state index contributed by atoms with van der Waals surface area (Å²) in [6.45, 7) is 5.07. The van der Waals surface area contributed by atoms with Crippen molar-refractivity contribution in [2.45, 2.75) is 20.3 Å². The van der Waals surface area contributed by atoms with Crippen LogP contribution in [-0.4, -0.2) is 23.3 Å². The van der Waals surface area contributed by atoms with Gasteiger partial charge in [0, 0.05) is 24.4 Å². The second kappa shape index (κ2) is 5.87. The Bertz CT molecular complexity index is 646. The van der Waals surface area contributed by atoms with E-state index in [1.165, 1.54) is 0 Å². The fourth-order valence-corrected chi connectivity index (χ4v) is 1.90. The Morgan fingerprint density at radius 3 is 3.00 bits per heavy atom. The number of nitrogens with zero attached hydrogens (tertiary/aromatic N) is 2. The maximum absolute atomic E-state index is 5.83. The summed E-state index contributed by atoms with van der Waals surface area (Å²) < 4.78 is 16.4. The number of anilines is 1. The number of ether oxygens (including phenoxy) is 3. The minimum Gasteiger partial charge on any atom is -0.454 e. The molecule has 1 aromatic carbocycles. The van der Waals surface area contributed by atoms with E-state index in [1.807, 2.05) is 19.1 Å². The highest BCUT2D eigenvalue weighted by Gasteiger charge is 2.15. The monoisotopic (exact) mass is 287 g/mol. The lowest BCUT2D eigenvalue weighted by Crippen LogP contribution is -2.05. The predicted octanol–water partition coefficient (Wildman–Crippen LogP) is 3.13. The summed E-state index contributed by atoms with van der Waals surface area (Å²) in [6, 6.07) is 5.45. The van der Waals surface area contributed by atoms with Crippen molar-refractivity contribution in [1.82, 2.24) is 9.97 Å². The number of rotatable bonds is 5. The van der Waals surface area contributed by atoms with E-state index in [2.05, 4.69) is 22.2 Å². The molecule has 2 heterocycles. The lowest BCUT2D eigenvalue weighted by atomic mass is 10.3. The van der Waals surface area contributed by atoms with Gasteiger partial charge in [-0.05, 0) is 25.5 Å². The van der Waals surface area contributed by atoms with Gasteiger partial charge in [0.25, 0.3) is 0 Å². The van der Waals surface area contributed by atoms with Crippen molar-refractivity contribution < 1.29 is 14.2 Å². The maximum atomic E-state index is 5.83. The summed E-state index contributed by atoms with van der Waals surface area (Å²) in [5, 5.41) is 3.14. The van der Waals surface area contributed by atoms with E-state index in [9.17, 15) is 0 Å². The normalized spacial score (nSPS) is 12.3. The Hall–Kier alpha value is -2.50. The smallest absolute Gasteiger partial charge is 0.231 e. The van der Waals surface area contributed by atoms with Crippen LogP contribution >= 0.6 is 0 Å². The van der Waals surface area contributed by atoms with Gasteiger partial charge in [-0.3, -0.25) is 0 Å². The third-order valence-corrected chi connectivity index (χ3v) is 3.02. The number of hydrogen-bond donors (Lipinski definition) is 1. The molecule has 0 saturated carbocycles. The number of hydrogen-bond acceptors (Lipinski definition) is 6. The molecule has 1 aliphatic rings. The molecule has 0 radical (unpaired) electrons. The van der Waals surface area contributed by atoms with Crippen molar-refractivity contribution in [3.63, 3.8) is 0 Å². The van der Waals surface area contributed by atoms with E-state index in [-0.39, 0.29) is 6.79 Å². The molecule has 110 valence electrons. The second-order valence-corrected chi connectivity index (χ2v) is 4.73. The van der Waals surface area contributed by atoms with Crippen molar-refractivity contribution in [3.8, 4) is 23.1 Å². The first-order valence-corrected chi connectivity index (χ1v) is 6.91. The van der Waals surface area contributed by atoms with Crippen LogP contribution in [0.4, 0.5) is 5.95 Å². The fraction of sp³-hybridized carbons (Fsp3) is 0.333. The SMILES string of the molecule is CCCNc1ncc(C)c(Oc2ccc3c(c2)OCO3)n1. The van der Waals surface area contributed by atoms with Gasteiger partial charge in [0.1, 0.15) is 5.75 Å². The summed E-state index contributed by atoms with van der Waals surface area (Å²) in [6.07, 6.45) is 2.75. The van der Waals surface area contributed by atoms with Crippen LogP contribution in [0.3, 0.4) is 0 Å². The summed E-state index contributed by atoms with van der Waals surface area (Å²) in [4.78, 5) is 8.61. The Balaban J connectivity index is 1.80. The average molecular weight is 287 g/mol. The number of nitrogens with one attached hydrogen (secondary N) is 1. The standard InChI is InChI=1S/C15H17N3O3/c1-3-6-16-15-17-8-10(2)14(18-15)21-11-4-5-12-13(7-11)20-9-19-12/h4-5,7-8H,3,6,9H2,1-2H3,(H,16,17,18). The van der Waals surface area contributed by atoms with Gasteiger partial charge in [0.05, 0.1) is 0 Å². The highest BCUT2D eigenvalue weighted by molar-refractivity contribution is 5.48. The van der Waals surface area contributed by atoms with Gasteiger partial charge in [-0.2, -0.15) is 4.98 Å². The largest absolute Gasteiger partial charge is 0.454 e. The van der Waals surface area contributed by atoms with Gasteiger partial charge < -0.3 is 19.5 Å². The minimum absolute atomic E-state index is 0.246. The molecule has 6 nitrogen and oxygen atoms in total. The second-order valence-electron chi connectivity index (χ2n) is 4.73. The summed E-state index contributed by atoms with van der Waals surface area (Å²) >= 11 is 0. The first-order chi connectivity index (χ1) is 10.3. The lowest BCUT2D eigenvalue weighted by molar-refractivity contribution is 0.174. The molecule has 6 heteroatoms. The molecule has 1 aliphatic heterocycles. The number of benzene rings is 1. The maximum Gasteiger partial charge on any atom is 0.231 e.